The number of nitrogens with zero attached hydrogens (tertiary/aromatic N) is 2. The van der Waals surface area contributed by atoms with Gasteiger partial charge in [-0.3, -0.25) is 0 Å². The molecule has 0 amide bonds. The van der Waals surface area contributed by atoms with Crippen molar-refractivity contribution in [2.75, 3.05) is 0 Å². The summed E-state index contributed by atoms with van der Waals surface area (Å²) < 4.78 is 2.36. The van der Waals surface area contributed by atoms with E-state index in [9.17, 15) is 10.2 Å². The Morgan fingerprint density at radius 2 is 1.90 bits per heavy atom. The summed E-state index contributed by atoms with van der Waals surface area (Å²) in [6, 6.07) is 8.69. The fourth-order valence-electron chi connectivity index (χ4n) is 8.26. The van der Waals surface area contributed by atoms with Gasteiger partial charge in [0, 0.05) is 11.5 Å². The van der Waals surface area contributed by atoms with Crippen molar-refractivity contribution in [3.63, 3.8) is 0 Å². The van der Waals surface area contributed by atoms with E-state index < -0.39 is 0 Å². The first-order valence-electron chi connectivity index (χ1n) is 11.9. The maximum absolute atomic E-state index is 11.7. The van der Waals surface area contributed by atoms with Crippen molar-refractivity contribution < 1.29 is 10.2 Å². The van der Waals surface area contributed by atoms with Crippen LogP contribution in [0.3, 0.4) is 0 Å². The Kier molecular flexibility index (Phi) is 4.09. The molecule has 3 fully saturated rings. The van der Waals surface area contributed by atoms with E-state index in [0.717, 1.165) is 44.0 Å². The maximum atomic E-state index is 11.7. The lowest BCUT2D eigenvalue weighted by Crippen LogP contribution is -2.56. The van der Waals surface area contributed by atoms with E-state index in [2.05, 4.69) is 47.7 Å². The third kappa shape index (κ3) is 2.38. The van der Waals surface area contributed by atoms with E-state index in [1.165, 1.54) is 17.5 Å². The summed E-state index contributed by atoms with van der Waals surface area (Å²) >= 11 is 0. The van der Waals surface area contributed by atoms with Crippen LogP contribution >= 0.6 is 0 Å². The molecule has 4 heteroatoms. The van der Waals surface area contributed by atoms with E-state index in [0.29, 0.717) is 23.8 Å². The van der Waals surface area contributed by atoms with Crippen LogP contribution in [0.25, 0.3) is 11.0 Å². The molecule has 1 heterocycles. The van der Waals surface area contributed by atoms with Crippen LogP contribution in [0.2, 0.25) is 0 Å². The van der Waals surface area contributed by atoms with Gasteiger partial charge in [0.25, 0.3) is 0 Å². The fraction of sp³-hybridized carbons (Fsp3) is 0.654. The first-order valence-corrected chi connectivity index (χ1v) is 11.9. The van der Waals surface area contributed by atoms with Gasteiger partial charge in [-0.15, -0.1) is 0 Å². The summed E-state index contributed by atoms with van der Waals surface area (Å²) in [4.78, 5) is 4.66. The third-order valence-electron chi connectivity index (χ3n) is 9.95. The van der Waals surface area contributed by atoms with Gasteiger partial charge < -0.3 is 14.8 Å². The topological polar surface area (TPSA) is 58.3 Å². The van der Waals surface area contributed by atoms with Crippen molar-refractivity contribution in [1.82, 2.24) is 9.55 Å². The molecule has 6 rings (SSSR count). The van der Waals surface area contributed by atoms with Gasteiger partial charge in [0.05, 0.1) is 29.6 Å². The molecule has 4 aliphatic carbocycles. The van der Waals surface area contributed by atoms with E-state index in [4.69, 9.17) is 0 Å². The zero-order valence-corrected chi connectivity index (χ0v) is 18.2. The predicted molar refractivity (Wildman–Crippen MR) is 118 cm³/mol. The molecule has 2 aromatic rings. The second-order valence-electron chi connectivity index (χ2n) is 11.0. The number of para-hydroxylation sites is 2. The minimum atomic E-state index is -0.291. The summed E-state index contributed by atoms with van der Waals surface area (Å²) in [7, 11) is 0. The summed E-state index contributed by atoms with van der Waals surface area (Å²) in [6.45, 7) is 4.78. The molecule has 2 N–H and O–H groups in total. The molecule has 8 unspecified atom stereocenters. The van der Waals surface area contributed by atoms with Crippen LogP contribution in [0.4, 0.5) is 0 Å². The molecule has 0 saturated heterocycles. The highest BCUT2D eigenvalue weighted by Gasteiger charge is 2.62. The molecule has 4 aliphatic rings. The molecule has 4 nitrogen and oxygen atoms in total. The van der Waals surface area contributed by atoms with Gasteiger partial charge in [-0.05, 0) is 80.2 Å². The number of aliphatic hydroxyl groups is 2. The predicted octanol–water partition coefficient (Wildman–Crippen LogP) is 4.87. The molecule has 160 valence electrons. The summed E-state index contributed by atoms with van der Waals surface area (Å²) in [5.74, 6) is 1.72. The number of rotatable bonds is 1. The molecule has 1 aromatic carbocycles. The first-order chi connectivity index (χ1) is 14.4. The van der Waals surface area contributed by atoms with Crippen LogP contribution in [0.5, 0.6) is 0 Å². The first kappa shape index (κ1) is 19.1. The smallest absolute Gasteiger partial charge is 0.0961 e. The van der Waals surface area contributed by atoms with Crippen LogP contribution < -0.4 is 0 Å². The average Bonchev–Trinajstić information content (AvgIpc) is 3.31. The van der Waals surface area contributed by atoms with Crippen molar-refractivity contribution in [2.24, 2.45) is 28.6 Å². The molecule has 3 saturated carbocycles. The van der Waals surface area contributed by atoms with Crippen LogP contribution in [0.1, 0.15) is 64.8 Å². The molecule has 0 spiro atoms. The normalized spacial score (nSPS) is 45.5. The Hall–Kier alpha value is -1.65. The van der Waals surface area contributed by atoms with Gasteiger partial charge in [0.1, 0.15) is 0 Å². The number of fused-ring (bicyclic) bond motifs is 6. The zero-order chi connectivity index (χ0) is 20.7. The largest absolute Gasteiger partial charge is 0.393 e. The lowest BCUT2D eigenvalue weighted by atomic mass is 9.47. The number of aromatic nitrogens is 2. The van der Waals surface area contributed by atoms with Crippen molar-refractivity contribution in [1.29, 1.82) is 0 Å². The van der Waals surface area contributed by atoms with E-state index in [1.54, 1.807) is 0 Å². The van der Waals surface area contributed by atoms with Gasteiger partial charge in [0.2, 0.25) is 0 Å². The summed E-state index contributed by atoms with van der Waals surface area (Å²) in [5, 5.41) is 21.9. The molecule has 0 bridgehead atoms. The molecule has 0 aliphatic heterocycles. The number of hydrogen-bond donors (Lipinski definition) is 2. The van der Waals surface area contributed by atoms with E-state index in [1.807, 2.05) is 12.4 Å². The van der Waals surface area contributed by atoms with Gasteiger partial charge in [-0.25, -0.2) is 4.98 Å². The van der Waals surface area contributed by atoms with Crippen molar-refractivity contribution in [2.45, 2.75) is 77.0 Å². The SMILES string of the molecule is CC12CCC(O)CC1=CCC1C2CC(O)C2(C)C1CCC2n1cnc2ccccc21. The highest BCUT2D eigenvalue weighted by Crippen LogP contribution is 2.67. The second kappa shape index (κ2) is 6.43. The number of benzene rings is 1. The molecule has 30 heavy (non-hydrogen) atoms. The van der Waals surface area contributed by atoms with Gasteiger partial charge >= 0.3 is 0 Å². The molecule has 8 atom stereocenters. The van der Waals surface area contributed by atoms with Gasteiger partial charge in [-0.1, -0.05) is 37.6 Å². The summed E-state index contributed by atoms with van der Waals surface area (Å²) in [6.07, 6.45) is 11.1. The molecule has 0 radical (unpaired) electrons. The summed E-state index contributed by atoms with van der Waals surface area (Å²) in [5.41, 5.74) is 3.75. The van der Waals surface area contributed by atoms with Gasteiger partial charge in [-0.2, -0.15) is 0 Å². The molecular weight excluding hydrogens is 372 g/mol. The highest BCUT2D eigenvalue weighted by molar-refractivity contribution is 5.75. The minimum Gasteiger partial charge on any atom is -0.393 e. The zero-order valence-electron chi connectivity index (χ0n) is 18.2. The second-order valence-corrected chi connectivity index (χ2v) is 11.0. The van der Waals surface area contributed by atoms with Crippen LogP contribution in [-0.4, -0.2) is 32.0 Å². The van der Waals surface area contributed by atoms with Crippen LogP contribution in [0, 0.1) is 28.6 Å². The number of hydrogen-bond acceptors (Lipinski definition) is 3. The highest BCUT2D eigenvalue weighted by atomic mass is 16.3. The van der Waals surface area contributed by atoms with Crippen molar-refractivity contribution in [3.8, 4) is 0 Å². The monoisotopic (exact) mass is 406 g/mol. The lowest BCUT2D eigenvalue weighted by Gasteiger charge is -2.59. The van der Waals surface area contributed by atoms with Crippen molar-refractivity contribution in [3.05, 3.63) is 42.2 Å². The Morgan fingerprint density at radius 1 is 1.07 bits per heavy atom. The van der Waals surface area contributed by atoms with Crippen molar-refractivity contribution >= 4 is 11.0 Å². The lowest BCUT2D eigenvalue weighted by molar-refractivity contribution is -0.126. The van der Waals surface area contributed by atoms with E-state index in [-0.39, 0.29) is 23.0 Å². The van der Waals surface area contributed by atoms with Gasteiger partial charge in [0.15, 0.2) is 0 Å². The fourth-order valence-corrected chi connectivity index (χ4v) is 8.26. The Morgan fingerprint density at radius 3 is 2.77 bits per heavy atom. The molecule has 1 aromatic heterocycles. The average molecular weight is 407 g/mol. The standard InChI is InChI=1S/C26H34N2O2/c1-25-12-11-17(29)13-16(25)7-8-18-19-9-10-23(26(19,2)24(30)14-20(18)25)28-15-27-21-5-3-4-6-22(21)28/h3-7,15,17-20,23-24,29-30H,8-14H2,1-2H3. The Balaban J connectivity index is 1.39. The Labute approximate surface area is 179 Å². The number of imidazole rings is 1. The minimum absolute atomic E-state index is 0.111. The Bertz CT molecular complexity index is 1010. The third-order valence-corrected chi connectivity index (χ3v) is 9.95. The quantitative estimate of drug-likeness (QED) is 0.664. The number of aliphatic hydroxyl groups excluding tert-OH is 2. The molecular formula is C26H34N2O2. The number of allylic oxidation sites excluding steroid dienone is 1. The maximum Gasteiger partial charge on any atom is 0.0961 e. The van der Waals surface area contributed by atoms with E-state index >= 15 is 0 Å². The van der Waals surface area contributed by atoms with Crippen LogP contribution in [0.15, 0.2) is 42.2 Å². The van der Waals surface area contributed by atoms with Crippen LogP contribution in [-0.2, 0) is 0 Å².